The van der Waals surface area contributed by atoms with Crippen LogP contribution in [0.3, 0.4) is 0 Å². The largest absolute Gasteiger partial charge is 0.496 e. The highest BCUT2D eigenvalue weighted by atomic mass is 16.5. The zero-order valence-corrected chi connectivity index (χ0v) is 17.3. The van der Waals surface area contributed by atoms with E-state index in [9.17, 15) is 14.4 Å². The second-order valence-electron chi connectivity index (χ2n) is 7.49. The maximum absolute atomic E-state index is 12.6. The van der Waals surface area contributed by atoms with E-state index in [0.717, 1.165) is 16.9 Å². The van der Waals surface area contributed by atoms with Crippen LogP contribution in [0.5, 0.6) is 5.75 Å². The third kappa shape index (κ3) is 4.50. The molecule has 7 nitrogen and oxygen atoms in total. The molecular formula is C22H27N3O4. The van der Waals surface area contributed by atoms with E-state index in [2.05, 4.69) is 5.32 Å². The molecule has 7 heteroatoms. The van der Waals surface area contributed by atoms with Crippen molar-refractivity contribution in [3.8, 4) is 5.75 Å². The van der Waals surface area contributed by atoms with Crippen LogP contribution in [0.4, 0.5) is 5.69 Å². The maximum atomic E-state index is 12.6. The number of pyridine rings is 1. The Kier molecular flexibility index (Phi) is 6.06. The summed E-state index contributed by atoms with van der Waals surface area (Å²) in [7, 11) is 1.52. The van der Waals surface area contributed by atoms with Gasteiger partial charge in [-0.3, -0.25) is 14.4 Å². The lowest BCUT2D eigenvalue weighted by Gasteiger charge is -2.18. The number of benzene rings is 1. The Hall–Kier alpha value is -3.09. The van der Waals surface area contributed by atoms with Crippen LogP contribution in [0.15, 0.2) is 35.1 Å². The smallest absolute Gasteiger partial charge is 0.254 e. The van der Waals surface area contributed by atoms with Gasteiger partial charge in [0.2, 0.25) is 11.8 Å². The Labute approximate surface area is 170 Å². The van der Waals surface area contributed by atoms with Crippen molar-refractivity contribution in [1.82, 2.24) is 9.88 Å². The summed E-state index contributed by atoms with van der Waals surface area (Å²) in [6, 6.07) is 9.08. The van der Waals surface area contributed by atoms with Gasteiger partial charge in [-0.05, 0) is 50.1 Å². The number of hydrogen-bond donors (Lipinski definition) is 1. The van der Waals surface area contributed by atoms with Crippen LogP contribution >= 0.6 is 0 Å². The molecule has 1 aliphatic heterocycles. The number of carbonyl (C=O) groups is 2. The number of ether oxygens (including phenoxy) is 1. The number of nitrogens with zero attached hydrogens (tertiary/aromatic N) is 2. The van der Waals surface area contributed by atoms with E-state index in [-0.39, 0.29) is 23.8 Å². The van der Waals surface area contributed by atoms with Crippen LogP contribution in [0, 0.1) is 26.7 Å². The molecular weight excluding hydrogens is 370 g/mol. The van der Waals surface area contributed by atoms with Gasteiger partial charge in [0.25, 0.3) is 5.56 Å². The van der Waals surface area contributed by atoms with E-state index in [1.165, 1.54) is 18.7 Å². The van der Waals surface area contributed by atoms with E-state index >= 15 is 0 Å². The fourth-order valence-corrected chi connectivity index (χ4v) is 3.56. The highest BCUT2D eigenvalue weighted by Gasteiger charge is 2.35. The lowest BCUT2D eigenvalue weighted by atomic mass is 10.1. The number of carbonyl (C=O) groups excluding carboxylic acids is 2. The summed E-state index contributed by atoms with van der Waals surface area (Å²) in [6.07, 6.45) is 0.195. The van der Waals surface area contributed by atoms with Crippen LogP contribution in [0.2, 0.25) is 0 Å². The number of rotatable bonds is 6. The predicted molar refractivity (Wildman–Crippen MR) is 111 cm³/mol. The number of methoxy groups -OCH3 is 1. The second kappa shape index (κ2) is 8.51. The van der Waals surface area contributed by atoms with Gasteiger partial charge in [0.15, 0.2) is 0 Å². The molecule has 0 aliphatic carbocycles. The van der Waals surface area contributed by atoms with Crippen molar-refractivity contribution in [1.29, 1.82) is 0 Å². The number of anilines is 1. The first-order valence-electron chi connectivity index (χ1n) is 9.71. The van der Waals surface area contributed by atoms with Gasteiger partial charge < -0.3 is 19.5 Å². The van der Waals surface area contributed by atoms with Crippen molar-refractivity contribution in [2.75, 3.05) is 25.1 Å². The van der Waals surface area contributed by atoms with Gasteiger partial charge in [0, 0.05) is 43.5 Å². The first kappa shape index (κ1) is 20.6. The first-order valence-corrected chi connectivity index (χ1v) is 9.71. The van der Waals surface area contributed by atoms with Crippen molar-refractivity contribution in [2.24, 2.45) is 5.92 Å². The molecule has 0 saturated carbocycles. The van der Waals surface area contributed by atoms with E-state index in [1.54, 1.807) is 15.5 Å². The van der Waals surface area contributed by atoms with Crippen LogP contribution in [-0.2, 0) is 16.1 Å². The third-order valence-corrected chi connectivity index (χ3v) is 5.48. The topological polar surface area (TPSA) is 80.6 Å². The average molecular weight is 397 g/mol. The molecule has 1 saturated heterocycles. The molecule has 0 spiro atoms. The molecule has 29 heavy (non-hydrogen) atoms. The lowest BCUT2D eigenvalue weighted by molar-refractivity contribution is -0.126. The summed E-state index contributed by atoms with van der Waals surface area (Å²) in [4.78, 5) is 38.8. The van der Waals surface area contributed by atoms with Crippen molar-refractivity contribution >= 4 is 17.5 Å². The normalized spacial score (nSPS) is 16.2. The molecule has 154 valence electrons. The molecule has 2 heterocycles. The predicted octanol–water partition coefficient (Wildman–Crippen LogP) is 1.95. The minimum Gasteiger partial charge on any atom is -0.496 e. The number of aromatic nitrogens is 1. The summed E-state index contributed by atoms with van der Waals surface area (Å²) in [5.41, 5.74) is 3.70. The highest BCUT2D eigenvalue weighted by Crippen LogP contribution is 2.26. The van der Waals surface area contributed by atoms with E-state index in [0.29, 0.717) is 25.4 Å². The zero-order chi connectivity index (χ0) is 21.1. The van der Waals surface area contributed by atoms with Gasteiger partial charge in [0.1, 0.15) is 5.75 Å². The minimum absolute atomic E-state index is 0.0457. The van der Waals surface area contributed by atoms with Crippen LogP contribution < -0.4 is 20.5 Å². The molecule has 1 N–H and O–H groups in total. The average Bonchev–Trinajstić information content (AvgIpc) is 3.07. The SMILES string of the molecule is COc1cc(C)n(CCNC(=O)C2CC(=O)N(c3ccc(C)c(C)c3)C2)c(=O)c1. The molecule has 2 amide bonds. The molecule has 1 aromatic carbocycles. The van der Waals surface area contributed by atoms with E-state index < -0.39 is 5.92 Å². The highest BCUT2D eigenvalue weighted by molar-refractivity contribution is 6.00. The molecule has 1 unspecified atom stereocenters. The molecule has 0 radical (unpaired) electrons. The fraction of sp³-hybridized carbons (Fsp3) is 0.409. The fourth-order valence-electron chi connectivity index (χ4n) is 3.56. The number of nitrogens with one attached hydrogen (secondary N) is 1. The molecule has 3 rings (SSSR count). The number of hydrogen-bond acceptors (Lipinski definition) is 4. The Morgan fingerprint density at radius 3 is 2.55 bits per heavy atom. The van der Waals surface area contributed by atoms with Crippen LogP contribution in [-0.4, -0.2) is 36.6 Å². The van der Waals surface area contributed by atoms with E-state index in [4.69, 9.17) is 4.74 Å². The molecule has 1 atom stereocenters. The third-order valence-electron chi connectivity index (χ3n) is 5.48. The van der Waals surface area contributed by atoms with Gasteiger partial charge in [-0.1, -0.05) is 6.07 Å². The van der Waals surface area contributed by atoms with Gasteiger partial charge in [-0.25, -0.2) is 0 Å². The quantitative estimate of drug-likeness (QED) is 0.808. The van der Waals surface area contributed by atoms with E-state index in [1.807, 2.05) is 39.0 Å². The Balaban J connectivity index is 1.59. The lowest BCUT2D eigenvalue weighted by Crippen LogP contribution is -2.36. The Morgan fingerprint density at radius 2 is 1.90 bits per heavy atom. The minimum atomic E-state index is -0.391. The second-order valence-corrected chi connectivity index (χ2v) is 7.49. The summed E-state index contributed by atoms with van der Waals surface area (Å²) in [6.45, 7) is 6.91. The maximum Gasteiger partial charge on any atom is 0.254 e. The van der Waals surface area contributed by atoms with Gasteiger partial charge in [-0.2, -0.15) is 0 Å². The number of aryl methyl sites for hydroxylation is 3. The Morgan fingerprint density at radius 1 is 1.14 bits per heavy atom. The van der Waals surface area contributed by atoms with Crippen molar-refractivity contribution in [2.45, 2.75) is 33.7 Å². The van der Waals surface area contributed by atoms with Crippen LogP contribution in [0.25, 0.3) is 0 Å². The number of amides is 2. The molecule has 1 aromatic heterocycles. The summed E-state index contributed by atoms with van der Waals surface area (Å²) < 4.78 is 6.68. The van der Waals surface area contributed by atoms with Gasteiger partial charge in [-0.15, -0.1) is 0 Å². The zero-order valence-electron chi connectivity index (χ0n) is 17.3. The van der Waals surface area contributed by atoms with Crippen molar-refractivity contribution < 1.29 is 14.3 Å². The van der Waals surface area contributed by atoms with Crippen molar-refractivity contribution in [3.05, 3.63) is 57.5 Å². The molecule has 1 aliphatic rings. The first-order chi connectivity index (χ1) is 13.8. The molecule has 0 bridgehead atoms. The Bertz CT molecular complexity index is 996. The van der Waals surface area contributed by atoms with Gasteiger partial charge >= 0.3 is 0 Å². The monoisotopic (exact) mass is 397 g/mol. The van der Waals surface area contributed by atoms with Crippen LogP contribution in [0.1, 0.15) is 23.2 Å². The summed E-state index contributed by atoms with van der Waals surface area (Å²) in [5.74, 6) is -0.0824. The molecule has 2 aromatic rings. The van der Waals surface area contributed by atoms with Gasteiger partial charge in [0.05, 0.1) is 13.0 Å². The summed E-state index contributed by atoms with van der Waals surface area (Å²) in [5, 5.41) is 2.86. The van der Waals surface area contributed by atoms with Crippen molar-refractivity contribution in [3.63, 3.8) is 0 Å². The molecule has 1 fully saturated rings. The standard InChI is InChI=1S/C22H27N3O4/c1-14-5-6-18(9-15(14)2)25-13-17(11-20(25)26)22(28)23-7-8-24-16(3)10-19(29-4)12-21(24)27/h5-6,9-10,12,17H,7-8,11,13H2,1-4H3,(H,23,28). The summed E-state index contributed by atoms with van der Waals surface area (Å²) >= 11 is 0.